The summed E-state index contributed by atoms with van der Waals surface area (Å²) in [5.74, 6) is -17.9. The molecule has 0 aliphatic heterocycles. The normalized spacial score (nSPS) is 16.1. The molecule has 0 radical (unpaired) electrons. The second-order valence-electron chi connectivity index (χ2n) is 23.6. The van der Waals surface area contributed by atoms with E-state index in [9.17, 15) is 108 Å². The number of carbonyl (C=O) groups excluding carboxylic acids is 12. The number of rotatable bonds is 47. The summed E-state index contributed by atoms with van der Waals surface area (Å²) in [5.41, 5.74) is 17.0. The number of nitrogens with zero attached hydrogens (tertiary/aromatic N) is 2. The van der Waals surface area contributed by atoms with Crippen LogP contribution in [0.3, 0.4) is 0 Å². The second-order valence-corrected chi connectivity index (χ2v) is 25.0. The lowest BCUT2D eigenvalue weighted by Crippen LogP contribution is -2.64. The second kappa shape index (κ2) is 45.2. The third-order valence-electron chi connectivity index (χ3n) is 14.5. The fraction of sp³-hybridized carbons (Fsp3) is 0.684. The molecule has 1 rings (SSSR count). The number of hydrogen-bond donors (Lipinski definition) is 25. The van der Waals surface area contributed by atoms with E-state index in [1.165, 1.54) is 24.3 Å². The van der Waals surface area contributed by atoms with Gasteiger partial charge in [-0.2, -0.15) is 24.4 Å². The number of amides is 12. The molecule has 0 bridgehead atoms. The molecule has 1 aromatic rings. The molecule has 0 saturated carbocycles. The lowest BCUT2D eigenvalue weighted by molar-refractivity contribution is -0.142. The van der Waals surface area contributed by atoms with E-state index in [2.05, 4.69) is 91.4 Å². The summed E-state index contributed by atoms with van der Waals surface area (Å²) < 4.78 is 0. The van der Waals surface area contributed by atoms with Crippen LogP contribution < -0.4 is 81.0 Å². The number of H-pyrrole nitrogens is 1. The van der Waals surface area contributed by atoms with Crippen molar-refractivity contribution in [3.05, 3.63) is 18.2 Å². The molecule has 0 unspecified atom stereocenters. The third-order valence-corrected chi connectivity index (χ3v) is 15.5. The Morgan fingerprint density at radius 1 is 0.515 bits per heavy atom. The molecule has 40 nitrogen and oxygen atoms in total. The van der Waals surface area contributed by atoms with Crippen molar-refractivity contribution in [2.24, 2.45) is 34.0 Å². The Kier molecular flexibility index (Phi) is 40.4. The number of aliphatic imine (C=N–C) groups is 1. The SMILES string of the molecule is CSCC[C@H](NC(=O)[C@H](CO)NC(=O)[C@H](CCCN=C(N)N)NC(=O)[C@H](CO)NC(=O)[C@H](CCC(=O)O)NC(=O)[C@@H](NC(=O)[C@@H](NC(=O)[C@H](Cc1cnc[nH]1)NC(=O)[C@@H](NC(=O)[C@H](CO)NC(=O)[C@@H](N)CC(C)C)[C@@H](C)O)[C@@H](C)O)[C@@H](C)O)C(=O)N[C@H](C(=O)N[C@@H](CS)C(=O)O)C(C)C. The van der Waals surface area contributed by atoms with Crippen LogP contribution >= 0.6 is 24.4 Å². The number of aliphatic hydroxyl groups excluding tert-OH is 6. The van der Waals surface area contributed by atoms with Gasteiger partial charge in [-0.25, -0.2) is 9.78 Å². The van der Waals surface area contributed by atoms with E-state index >= 15 is 0 Å². The Morgan fingerprint density at radius 3 is 1.28 bits per heavy atom. The molecule has 12 amide bonds. The van der Waals surface area contributed by atoms with Crippen LogP contribution in [-0.2, 0) is 73.5 Å². The number of nitrogens with two attached hydrogens (primary N) is 3. The van der Waals surface area contributed by atoms with Crippen molar-refractivity contribution in [2.45, 2.75) is 190 Å². The van der Waals surface area contributed by atoms with E-state index in [0.29, 0.717) is 0 Å². The summed E-state index contributed by atoms with van der Waals surface area (Å²) >= 11 is 5.20. The van der Waals surface area contributed by atoms with E-state index in [0.717, 1.165) is 20.8 Å². The van der Waals surface area contributed by atoms with E-state index < -0.39 is 225 Å². The molecule has 0 fully saturated rings. The highest BCUT2D eigenvalue weighted by Crippen LogP contribution is 2.12. The Balaban J connectivity index is 3.51. The summed E-state index contributed by atoms with van der Waals surface area (Å²) in [6.07, 6.45) is -3.68. The maximum Gasteiger partial charge on any atom is 0.327 e. The molecule has 0 aliphatic carbocycles. The lowest BCUT2D eigenvalue weighted by atomic mass is 10.0. The van der Waals surface area contributed by atoms with E-state index in [1.807, 2.05) is 0 Å². The van der Waals surface area contributed by atoms with Gasteiger partial charge in [0.1, 0.15) is 72.5 Å². The Bertz CT molecular complexity index is 2890. The van der Waals surface area contributed by atoms with Crippen LogP contribution in [0.1, 0.15) is 92.7 Å². The van der Waals surface area contributed by atoms with Crippen LogP contribution in [0.4, 0.5) is 0 Å². The predicted molar refractivity (Wildman–Crippen MR) is 355 cm³/mol. The third kappa shape index (κ3) is 31.9. The lowest BCUT2D eigenvalue weighted by Gasteiger charge is -2.29. The zero-order valence-electron chi connectivity index (χ0n) is 56.0. The number of nitrogens with one attached hydrogen (secondary N) is 13. The zero-order chi connectivity index (χ0) is 75.6. The fourth-order valence-electron chi connectivity index (χ4n) is 8.93. The molecular formula is C57H98N18O22S2. The van der Waals surface area contributed by atoms with Crippen molar-refractivity contribution in [2.75, 3.05) is 44.1 Å². The Labute approximate surface area is 579 Å². The van der Waals surface area contributed by atoms with Crippen molar-refractivity contribution in [3.63, 3.8) is 0 Å². The van der Waals surface area contributed by atoms with Gasteiger partial charge in [0.2, 0.25) is 70.9 Å². The number of guanidine groups is 1. The van der Waals surface area contributed by atoms with Gasteiger partial charge in [-0.3, -0.25) is 67.3 Å². The molecule has 1 aromatic heterocycles. The maximum atomic E-state index is 14.1. The number of aromatic nitrogens is 2. The molecule has 1 heterocycles. The highest BCUT2D eigenvalue weighted by Gasteiger charge is 2.40. The molecule has 560 valence electrons. The molecule has 42 heteroatoms. The number of thioether (sulfide) groups is 1. The average molecular weight is 1450 g/mol. The van der Waals surface area contributed by atoms with Gasteiger partial charge < -0.3 is 127 Å². The first-order valence-electron chi connectivity index (χ1n) is 31.2. The van der Waals surface area contributed by atoms with Gasteiger partial charge in [0.05, 0.1) is 50.5 Å². The van der Waals surface area contributed by atoms with Crippen molar-refractivity contribution in [3.8, 4) is 0 Å². The number of carboxylic acids is 2. The van der Waals surface area contributed by atoms with Gasteiger partial charge in [0.15, 0.2) is 5.96 Å². The fourth-order valence-corrected chi connectivity index (χ4v) is 9.65. The predicted octanol–water partition coefficient (Wildman–Crippen LogP) is -10.4. The molecular weight excluding hydrogens is 1350 g/mol. The van der Waals surface area contributed by atoms with Gasteiger partial charge >= 0.3 is 11.9 Å². The average Bonchev–Trinajstić information content (AvgIpc) is 1.36. The van der Waals surface area contributed by atoms with E-state index in [4.69, 9.17) is 17.2 Å². The molecule has 0 saturated heterocycles. The summed E-state index contributed by atoms with van der Waals surface area (Å²) in [6.45, 7) is 6.28. The first kappa shape index (κ1) is 88.5. The van der Waals surface area contributed by atoms with Gasteiger partial charge in [-0.1, -0.05) is 27.7 Å². The first-order valence-corrected chi connectivity index (χ1v) is 33.2. The standard InChI is InChI=1S/C57H98N18O22S2/c1-24(2)16-30(58)44(84)68-37(21-78)51(91)74-41(26(5)79)54(94)67-34(17-29-18-61-23-63-29)48(88)73-43(28(7)81)55(95)75-42(27(6)80)53(93)66-32(11-12-39(82)83)46(86)70-35(19-76)49(89)64-31(10-9-14-62-57(59)60)45(85)69-36(20-77)50(90)65-33(13-15-99-8)47(87)72-40(25(3)4)52(92)71-38(22-98)56(96)97/h18,23-28,30-38,40-43,76-81,98H,9-17,19-22,58H2,1-8H3,(H,61,63)(H,64,89)(H,65,90)(H,66,93)(H,67,94)(H,68,84)(H,69,85)(H,70,86)(H,71,92)(H,72,87)(H,73,88)(H,74,91)(H,75,95)(H,82,83)(H,96,97)(H4,59,60,62)/t26-,27-,28-,30+,31+,32+,33+,34+,35+,36+,37+,38+,40+,41+,42+,43+/m1/s1. The number of carbonyl (C=O) groups is 14. The molecule has 0 spiro atoms. The van der Waals surface area contributed by atoms with Gasteiger partial charge in [-0.15, -0.1) is 0 Å². The van der Waals surface area contributed by atoms with Crippen LogP contribution in [0.25, 0.3) is 0 Å². The monoisotopic (exact) mass is 1450 g/mol. The van der Waals surface area contributed by atoms with Crippen LogP contribution in [0.5, 0.6) is 0 Å². The van der Waals surface area contributed by atoms with Crippen molar-refractivity contribution >= 4 is 113 Å². The first-order chi connectivity index (χ1) is 46.4. The number of thiol groups is 1. The minimum absolute atomic E-state index is 0.0253. The van der Waals surface area contributed by atoms with Crippen molar-refractivity contribution < 1.29 is 108 Å². The van der Waals surface area contributed by atoms with Crippen molar-refractivity contribution in [1.29, 1.82) is 0 Å². The van der Waals surface area contributed by atoms with E-state index in [-0.39, 0.29) is 61.3 Å². The number of carboxylic acid groups (broad SMARTS) is 2. The van der Waals surface area contributed by atoms with Crippen LogP contribution in [0.2, 0.25) is 0 Å². The molecule has 0 aromatic carbocycles. The highest BCUT2D eigenvalue weighted by molar-refractivity contribution is 7.98. The quantitative estimate of drug-likeness (QED) is 0.0125. The van der Waals surface area contributed by atoms with Gasteiger partial charge in [-0.05, 0) is 76.7 Å². The smallest absolute Gasteiger partial charge is 0.327 e. The minimum Gasteiger partial charge on any atom is -0.481 e. The largest absolute Gasteiger partial charge is 0.481 e. The minimum atomic E-state index is -2.11. The van der Waals surface area contributed by atoms with E-state index in [1.54, 1.807) is 34.0 Å². The molecule has 99 heavy (non-hydrogen) atoms. The van der Waals surface area contributed by atoms with Gasteiger partial charge in [0, 0.05) is 37.0 Å². The van der Waals surface area contributed by atoms with Gasteiger partial charge in [0.25, 0.3) is 0 Å². The number of imidazole rings is 1. The van der Waals surface area contributed by atoms with Crippen LogP contribution in [-0.4, -0.2) is 281 Å². The van der Waals surface area contributed by atoms with Crippen LogP contribution in [0, 0.1) is 11.8 Å². The zero-order valence-corrected chi connectivity index (χ0v) is 57.7. The summed E-state index contributed by atoms with van der Waals surface area (Å²) in [4.78, 5) is 198. The topological polar surface area (TPSA) is 664 Å². The molecule has 27 N–H and O–H groups in total. The summed E-state index contributed by atoms with van der Waals surface area (Å²) in [5, 5.41) is 109. The van der Waals surface area contributed by atoms with Crippen LogP contribution in [0.15, 0.2) is 17.5 Å². The number of hydrogen-bond acceptors (Lipinski definition) is 25. The Hall–Kier alpha value is -8.52. The maximum absolute atomic E-state index is 14.1. The molecule has 0 aliphatic rings. The highest BCUT2D eigenvalue weighted by atomic mass is 32.2. The number of aromatic amines is 1. The summed E-state index contributed by atoms with van der Waals surface area (Å²) in [6, 6.07) is -22.3. The molecule has 16 atom stereocenters. The summed E-state index contributed by atoms with van der Waals surface area (Å²) in [7, 11) is 0. The number of aliphatic hydroxyl groups is 6. The van der Waals surface area contributed by atoms with Crippen molar-refractivity contribution in [1.82, 2.24) is 73.8 Å². The number of aliphatic carboxylic acids is 2. The Morgan fingerprint density at radius 2 is 0.879 bits per heavy atom.